The zero-order valence-corrected chi connectivity index (χ0v) is 18.6. The molecule has 7 heteroatoms. The van der Waals surface area contributed by atoms with E-state index in [0.717, 1.165) is 44.7 Å². The maximum absolute atomic E-state index is 12.9. The number of halogens is 3. The molecule has 0 radical (unpaired) electrons. The quantitative estimate of drug-likeness (QED) is 0.338. The Labute approximate surface area is 187 Å². The van der Waals surface area contributed by atoms with Crippen molar-refractivity contribution in [1.29, 1.82) is 0 Å². The van der Waals surface area contributed by atoms with E-state index in [4.69, 9.17) is 0 Å². The molecule has 0 spiro atoms. The Kier molecular flexibility index (Phi) is 5.88. The molecule has 4 aromatic rings. The first kappa shape index (κ1) is 22.2. The highest BCUT2D eigenvalue weighted by Gasteiger charge is 2.30. The van der Waals surface area contributed by atoms with Gasteiger partial charge in [-0.1, -0.05) is 35.9 Å². The second-order valence-electron chi connectivity index (χ2n) is 7.78. The lowest BCUT2D eigenvalue weighted by Crippen LogP contribution is -2.16. The molecule has 0 bridgehead atoms. The summed E-state index contributed by atoms with van der Waals surface area (Å²) in [7, 11) is 0. The van der Waals surface area contributed by atoms with E-state index in [1.165, 1.54) is 12.1 Å². The third-order valence-electron chi connectivity index (χ3n) is 5.22. The van der Waals surface area contributed by atoms with Crippen LogP contribution < -0.4 is 4.72 Å². The van der Waals surface area contributed by atoms with Crippen LogP contribution in [0.25, 0.3) is 22.0 Å². The smallest absolute Gasteiger partial charge is 0.416 e. The summed E-state index contributed by atoms with van der Waals surface area (Å²) < 4.78 is 54.3. The normalized spacial score (nSPS) is 12.7. The summed E-state index contributed by atoms with van der Waals surface area (Å²) in [5.74, 6) is 0.484. The number of aryl methyl sites for hydroxylation is 3. The second kappa shape index (κ2) is 8.48. The van der Waals surface area contributed by atoms with Crippen molar-refractivity contribution in [1.82, 2.24) is 4.98 Å². The fraction of sp³-hybridized carbons (Fsp3) is 0.160. The van der Waals surface area contributed by atoms with Gasteiger partial charge in [-0.05, 0) is 68.3 Å². The lowest BCUT2D eigenvalue weighted by Gasteiger charge is -2.16. The molecule has 0 fully saturated rings. The minimum atomic E-state index is -4.36. The van der Waals surface area contributed by atoms with Crippen molar-refractivity contribution < 1.29 is 17.7 Å². The van der Waals surface area contributed by atoms with E-state index in [2.05, 4.69) is 9.71 Å². The van der Waals surface area contributed by atoms with Gasteiger partial charge in [0, 0.05) is 16.5 Å². The van der Waals surface area contributed by atoms with Gasteiger partial charge in [0.15, 0.2) is 10.7 Å². The van der Waals surface area contributed by atoms with Crippen molar-refractivity contribution >= 4 is 28.1 Å². The highest BCUT2D eigenvalue weighted by molar-refractivity contribution is 7.92. The third-order valence-corrected chi connectivity index (χ3v) is 6.63. The first-order valence-electron chi connectivity index (χ1n) is 9.96. The number of alkyl halides is 3. The molecule has 1 N–H and O–H groups in total. The zero-order valence-electron chi connectivity index (χ0n) is 17.7. The standard InChI is InChI=1S/C25H21F3N2OS/c1-15-12-16(2)24(17(3)13-15)32(31)30-23-11-7-20-14-19(6-10-22(20)29-23)18-4-8-21(9-5-18)25(26,27)28/h4-14H,1-3H3,(H,29,30). The van der Waals surface area contributed by atoms with Crippen LogP contribution in [0.15, 0.2) is 71.6 Å². The number of hydrogen-bond acceptors (Lipinski definition) is 3. The molecule has 1 unspecified atom stereocenters. The van der Waals surface area contributed by atoms with Crippen LogP contribution in [0.2, 0.25) is 0 Å². The highest BCUT2D eigenvalue weighted by Crippen LogP contribution is 2.32. The topological polar surface area (TPSA) is 48.0 Å². The van der Waals surface area contributed by atoms with Crippen LogP contribution in [0.5, 0.6) is 0 Å². The van der Waals surface area contributed by atoms with E-state index in [9.17, 15) is 17.7 Å². The molecular formula is C25H21F3N2OS. The van der Waals surface area contributed by atoms with Gasteiger partial charge >= 0.3 is 6.18 Å². The molecule has 164 valence electrons. The summed E-state index contributed by atoms with van der Waals surface area (Å²) in [6.45, 7) is 5.88. The summed E-state index contributed by atoms with van der Waals surface area (Å²) >= 11 is -1.46. The molecule has 3 aromatic carbocycles. The summed E-state index contributed by atoms with van der Waals surface area (Å²) in [5, 5.41) is 0.835. The Bertz CT molecular complexity index is 1260. The van der Waals surface area contributed by atoms with E-state index in [-0.39, 0.29) is 0 Å². The molecule has 0 aliphatic heterocycles. The van der Waals surface area contributed by atoms with E-state index < -0.39 is 23.1 Å². The zero-order chi connectivity index (χ0) is 23.0. The van der Waals surface area contributed by atoms with Gasteiger partial charge in [-0.25, -0.2) is 4.98 Å². The van der Waals surface area contributed by atoms with Crippen LogP contribution in [0.1, 0.15) is 22.3 Å². The Morgan fingerprint density at radius 2 is 1.44 bits per heavy atom. The molecule has 1 heterocycles. The van der Waals surface area contributed by atoms with Crippen molar-refractivity contribution in [2.45, 2.75) is 31.8 Å². The monoisotopic (exact) mass is 454 g/mol. The summed E-state index contributed by atoms with van der Waals surface area (Å²) in [6, 6.07) is 18.2. The fourth-order valence-corrected chi connectivity index (χ4v) is 4.93. The number of benzene rings is 3. The molecule has 1 atom stereocenters. The van der Waals surface area contributed by atoms with Crippen LogP contribution >= 0.6 is 0 Å². The maximum atomic E-state index is 12.9. The largest absolute Gasteiger partial charge is 0.588 e. The van der Waals surface area contributed by atoms with Gasteiger partial charge in [-0.2, -0.15) is 17.9 Å². The van der Waals surface area contributed by atoms with Crippen LogP contribution in [-0.2, 0) is 17.5 Å². The van der Waals surface area contributed by atoms with Gasteiger partial charge < -0.3 is 4.55 Å². The molecule has 0 saturated heterocycles. The predicted molar refractivity (Wildman–Crippen MR) is 123 cm³/mol. The molecule has 32 heavy (non-hydrogen) atoms. The predicted octanol–water partition coefficient (Wildman–Crippen LogP) is 6.98. The number of aromatic nitrogens is 1. The van der Waals surface area contributed by atoms with Gasteiger partial charge in [-0.3, -0.25) is 0 Å². The molecule has 4 rings (SSSR count). The van der Waals surface area contributed by atoms with Gasteiger partial charge in [0.1, 0.15) is 11.4 Å². The number of nitrogens with one attached hydrogen (secondary N) is 1. The molecule has 0 saturated carbocycles. The lowest BCUT2D eigenvalue weighted by atomic mass is 10.0. The number of hydrogen-bond donors (Lipinski definition) is 1. The number of nitrogens with zero attached hydrogens (tertiary/aromatic N) is 1. The van der Waals surface area contributed by atoms with Crippen LogP contribution in [-0.4, -0.2) is 9.54 Å². The highest BCUT2D eigenvalue weighted by atomic mass is 32.2. The van der Waals surface area contributed by atoms with Crippen molar-refractivity contribution in [2.75, 3.05) is 4.72 Å². The maximum Gasteiger partial charge on any atom is 0.416 e. The van der Waals surface area contributed by atoms with Gasteiger partial charge in [0.2, 0.25) is 0 Å². The first-order valence-corrected chi connectivity index (χ1v) is 11.1. The summed E-state index contributed by atoms with van der Waals surface area (Å²) in [4.78, 5) is 5.29. The molecule has 0 aliphatic rings. The second-order valence-corrected chi connectivity index (χ2v) is 8.93. The Morgan fingerprint density at radius 1 is 0.812 bits per heavy atom. The summed E-state index contributed by atoms with van der Waals surface area (Å²) in [6.07, 6.45) is -4.36. The van der Waals surface area contributed by atoms with Crippen molar-refractivity contribution in [3.05, 3.63) is 89.0 Å². The Balaban J connectivity index is 1.58. The van der Waals surface area contributed by atoms with Crippen LogP contribution in [0.3, 0.4) is 0 Å². The van der Waals surface area contributed by atoms with Crippen molar-refractivity contribution in [3.63, 3.8) is 0 Å². The lowest BCUT2D eigenvalue weighted by molar-refractivity contribution is -0.137. The van der Waals surface area contributed by atoms with Gasteiger partial charge in [0.05, 0.1) is 11.1 Å². The van der Waals surface area contributed by atoms with E-state index in [1.54, 1.807) is 12.1 Å². The first-order chi connectivity index (χ1) is 15.1. The minimum absolute atomic E-state index is 0.484. The number of fused-ring (bicyclic) bond motifs is 1. The van der Waals surface area contributed by atoms with Crippen LogP contribution in [0.4, 0.5) is 19.0 Å². The van der Waals surface area contributed by atoms with Gasteiger partial charge in [0.25, 0.3) is 0 Å². The SMILES string of the molecule is Cc1cc(C)c([S+]([O-])Nc2ccc3cc(-c4ccc(C(F)(F)F)cc4)ccc3n2)c(C)c1. The molecular weight excluding hydrogens is 433 g/mol. The Hall–Kier alpha value is -3.03. The van der Waals surface area contributed by atoms with Crippen LogP contribution in [0, 0.1) is 20.8 Å². The van der Waals surface area contributed by atoms with E-state index >= 15 is 0 Å². The Morgan fingerprint density at radius 3 is 2.06 bits per heavy atom. The molecule has 0 amide bonds. The van der Waals surface area contributed by atoms with E-state index in [0.29, 0.717) is 16.9 Å². The number of rotatable bonds is 4. The molecule has 0 aliphatic carbocycles. The number of anilines is 1. The summed E-state index contributed by atoms with van der Waals surface area (Å²) in [5.41, 5.74) is 4.53. The third kappa shape index (κ3) is 4.59. The average Bonchev–Trinajstić information content (AvgIpc) is 2.72. The van der Waals surface area contributed by atoms with Crippen molar-refractivity contribution in [2.24, 2.45) is 0 Å². The fourth-order valence-electron chi connectivity index (χ4n) is 3.82. The minimum Gasteiger partial charge on any atom is -0.588 e. The van der Waals surface area contributed by atoms with Gasteiger partial charge in [-0.15, -0.1) is 0 Å². The van der Waals surface area contributed by atoms with E-state index in [1.807, 2.05) is 51.1 Å². The van der Waals surface area contributed by atoms with Crippen molar-refractivity contribution in [3.8, 4) is 11.1 Å². The average molecular weight is 455 g/mol. The molecule has 3 nitrogen and oxygen atoms in total. The number of pyridine rings is 1. The molecule has 1 aromatic heterocycles.